The summed E-state index contributed by atoms with van der Waals surface area (Å²) in [5.41, 5.74) is 0.839. The molecule has 0 saturated heterocycles. The molecule has 0 aliphatic carbocycles. The highest BCUT2D eigenvalue weighted by molar-refractivity contribution is 5.80. The minimum Gasteiger partial charge on any atom is -0.478 e. The lowest BCUT2D eigenvalue weighted by Gasteiger charge is -2.06. The molecule has 0 atom stereocenters. The molecule has 0 aromatic rings. The monoisotopic (exact) mass is 157 g/mol. The summed E-state index contributed by atoms with van der Waals surface area (Å²) in [6.45, 7) is 6.48. The predicted octanol–water partition coefficient (Wildman–Crippen LogP) is 1.02. The average Bonchev–Trinajstić information content (AvgIpc) is 1.82. The summed E-state index contributed by atoms with van der Waals surface area (Å²) >= 11 is 0. The van der Waals surface area contributed by atoms with Crippen LogP contribution in [0.4, 0.5) is 0 Å². The summed E-state index contributed by atoms with van der Waals surface area (Å²) < 4.78 is 0. The Morgan fingerprint density at radius 1 is 1.64 bits per heavy atom. The number of carboxylic acids is 1. The van der Waals surface area contributed by atoms with Crippen LogP contribution in [0.5, 0.6) is 0 Å². The third-order valence-electron chi connectivity index (χ3n) is 1.16. The molecule has 0 heterocycles. The van der Waals surface area contributed by atoms with Crippen LogP contribution in [0.2, 0.25) is 0 Å². The minimum absolute atomic E-state index is 0.396. The smallest absolute Gasteiger partial charge is 0.328 e. The van der Waals surface area contributed by atoms with E-state index in [2.05, 4.69) is 5.32 Å². The summed E-state index contributed by atoms with van der Waals surface area (Å²) in [5.74, 6) is -0.881. The van der Waals surface area contributed by atoms with Gasteiger partial charge in [-0.15, -0.1) is 0 Å². The molecule has 0 aromatic carbocycles. The second-order valence-electron chi connectivity index (χ2n) is 2.86. The second kappa shape index (κ2) is 4.91. The fourth-order valence-corrected chi connectivity index (χ4v) is 0.627. The van der Waals surface area contributed by atoms with Crippen LogP contribution in [0.15, 0.2) is 11.6 Å². The fraction of sp³-hybridized carbons (Fsp3) is 0.625. The van der Waals surface area contributed by atoms with E-state index < -0.39 is 5.97 Å². The van der Waals surface area contributed by atoms with Crippen molar-refractivity contribution in [3.05, 3.63) is 11.6 Å². The van der Waals surface area contributed by atoms with Crippen molar-refractivity contribution in [1.82, 2.24) is 5.32 Å². The van der Waals surface area contributed by atoms with Gasteiger partial charge in [0.05, 0.1) is 0 Å². The molecule has 0 saturated carbocycles. The average molecular weight is 157 g/mol. The zero-order chi connectivity index (χ0) is 8.85. The number of hydrogen-bond acceptors (Lipinski definition) is 2. The van der Waals surface area contributed by atoms with Crippen LogP contribution in [0, 0.1) is 0 Å². The van der Waals surface area contributed by atoms with Gasteiger partial charge in [0.15, 0.2) is 0 Å². The molecule has 0 aliphatic rings. The first-order valence-corrected chi connectivity index (χ1v) is 3.66. The van der Waals surface area contributed by atoms with Gasteiger partial charge in [0.2, 0.25) is 0 Å². The summed E-state index contributed by atoms with van der Waals surface area (Å²) in [5, 5.41) is 11.5. The van der Waals surface area contributed by atoms with E-state index in [9.17, 15) is 4.79 Å². The van der Waals surface area contributed by atoms with Crippen molar-refractivity contribution >= 4 is 5.97 Å². The van der Waals surface area contributed by atoms with Gasteiger partial charge in [-0.05, 0) is 6.92 Å². The Bertz CT molecular complexity index is 161. The first kappa shape index (κ1) is 10.2. The number of hydrogen-bond donors (Lipinski definition) is 2. The van der Waals surface area contributed by atoms with E-state index in [0.29, 0.717) is 12.6 Å². The van der Waals surface area contributed by atoms with Gasteiger partial charge in [0, 0.05) is 18.7 Å². The second-order valence-corrected chi connectivity index (χ2v) is 2.86. The van der Waals surface area contributed by atoms with Crippen molar-refractivity contribution in [2.24, 2.45) is 0 Å². The van der Waals surface area contributed by atoms with Gasteiger partial charge in [0.25, 0.3) is 0 Å². The topological polar surface area (TPSA) is 49.3 Å². The number of rotatable bonds is 4. The van der Waals surface area contributed by atoms with Crippen molar-refractivity contribution in [2.75, 3.05) is 6.54 Å². The summed E-state index contributed by atoms with van der Waals surface area (Å²) in [7, 11) is 0. The summed E-state index contributed by atoms with van der Waals surface area (Å²) in [6, 6.07) is 0.396. The van der Waals surface area contributed by atoms with Gasteiger partial charge in [-0.25, -0.2) is 4.79 Å². The van der Waals surface area contributed by atoms with Crippen LogP contribution in [-0.4, -0.2) is 23.7 Å². The molecule has 0 amide bonds. The summed E-state index contributed by atoms with van der Waals surface area (Å²) in [6.07, 6.45) is 1.22. The molecule has 0 unspecified atom stereocenters. The molecule has 0 aromatic heterocycles. The lowest BCUT2D eigenvalue weighted by Crippen LogP contribution is -2.24. The third-order valence-corrected chi connectivity index (χ3v) is 1.16. The minimum atomic E-state index is -0.881. The maximum Gasteiger partial charge on any atom is 0.328 e. The molecule has 3 nitrogen and oxygen atoms in total. The van der Waals surface area contributed by atoms with E-state index in [1.807, 2.05) is 13.8 Å². The zero-order valence-electron chi connectivity index (χ0n) is 7.22. The van der Waals surface area contributed by atoms with Crippen LogP contribution >= 0.6 is 0 Å². The highest BCUT2D eigenvalue weighted by Gasteiger charge is 1.95. The van der Waals surface area contributed by atoms with Crippen molar-refractivity contribution in [3.8, 4) is 0 Å². The van der Waals surface area contributed by atoms with Crippen LogP contribution in [0.3, 0.4) is 0 Å². The van der Waals surface area contributed by atoms with Crippen LogP contribution < -0.4 is 5.32 Å². The molecular formula is C8H15NO2. The van der Waals surface area contributed by atoms with Gasteiger partial charge in [0.1, 0.15) is 0 Å². The number of carboxylic acid groups (broad SMARTS) is 1. The Kier molecular flexibility index (Phi) is 4.54. The Morgan fingerprint density at radius 3 is 2.55 bits per heavy atom. The van der Waals surface area contributed by atoms with Crippen LogP contribution in [0.25, 0.3) is 0 Å². The molecule has 11 heavy (non-hydrogen) atoms. The first-order valence-electron chi connectivity index (χ1n) is 3.66. The van der Waals surface area contributed by atoms with Crippen molar-refractivity contribution in [1.29, 1.82) is 0 Å². The summed E-state index contributed by atoms with van der Waals surface area (Å²) in [4.78, 5) is 10.2. The fourth-order valence-electron chi connectivity index (χ4n) is 0.627. The van der Waals surface area contributed by atoms with Gasteiger partial charge in [-0.3, -0.25) is 0 Å². The predicted molar refractivity (Wildman–Crippen MR) is 44.5 cm³/mol. The van der Waals surface area contributed by atoms with Gasteiger partial charge < -0.3 is 10.4 Å². The van der Waals surface area contributed by atoms with Crippen LogP contribution in [-0.2, 0) is 4.79 Å². The largest absolute Gasteiger partial charge is 0.478 e. The van der Waals surface area contributed by atoms with Crippen molar-refractivity contribution < 1.29 is 9.90 Å². The first-order chi connectivity index (χ1) is 5.02. The van der Waals surface area contributed by atoms with E-state index in [1.54, 1.807) is 6.92 Å². The molecule has 0 spiro atoms. The highest BCUT2D eigenvalue weighted by Crippen LogP contribution is 1.90. The lowest BCUT2D eigenvalue weighted by molar-refractivity contribution is -0.131. The molecule has 64 valence electrons. The molecule has 0 aliphatic heterocycles. The molecule has 0 fully saturated rings. The normalized spacial score (nSPS) is 12.2. The third kappa shape index (κ3) is 7.06. The molecular weight excluding hydrogens is 142 g/mol. The molecule has 0 rings (SSSR count). The van der Waals surface area contributed by atoms with Gasteiger partial charge in [-0.2, -0.15) is 0 Å². The standard InChI is InChI=1S/C8H15NO2/c1-6(2)9-5-7(3)4-8(10)11/h4,6,9H,5H2,1-3H3,(H,10,11). The van der Waals surface area contributed by atoms with E-state index in [0.717, 1.165) is 5.57 Å². The van der Waals surface area contributed by atoms with E-state index in [4.69, 9.17) is 5.11 Å². The SMILES string of the molecule is CC(=CC(=O)O)CNC(C)C. The Morgan fingerprint density at radius 2 is 2.18 bits per heavy atom. The molecule has 2 N–H and O–H groups in total. The lowest BCUT2D eigenvalue weighted by atomic mass is 10.2. The van der Waals surface area contributed by atoms with Crippen molar-refractivity contribution in [2.45, 2.75) is 26.8 Å². The van der Waals surface area contributed by atoms with Crippen molar-refractivity contribution in [3.63, 3.8) is 0 Å². The zero-order valence-corrected chi connectivity index (χ0v) is 7.22. The number of carbonyl (C=O) groups is 1. The molecule has 0 bridgehead atoms. The van der Waals surface area contributed by atoms with E-state index in [-0.39, 0.29) is 0 Å². The maximum atomic E-state index is 10.2. The van der Waals surface area contributed by atoms with Crippen LogP contribution in [0.1, 0.15) is 20.8 Å². The Hall–Kier alpha value is -0.830. The maximum absolute atomic E-state index is 10.2. The van der Waals surface area contributed by atoms with Gasteiger partial charge in [-0.1, -0.05) is 19.4 Å². The van der Waals surface area contributed by atoms with E-state index in [1.165, 1.54) is 6.08 Å². The molecule has 3 heteroatoms. The van der Waals surface area contributed by atoms with Gasteiger partial charge >= 0.3 is 5.97 Å². The Labute approximate surface area is 67.1 Å². The highest BCUT2D eigenvalue weighted by atomic mass is 16.4. The quantitative estimate of drug-likeness (QED) is 0.599. The van der Waals surface area contributed by atoms with E-state index >= 15 is 0 Å². The number of nitrogens with one attached hydrogen (secondary N) is 1. The number of aliphatic carboxylic acids is 1. The Balaban J connectivity index is 3.68. The molecule has 0 radical (unpaired) electrons.